The van der Waals surface area contributed by atoms with E-state index in [1.54, 1.807) is 6.92 Å². The van der Waals surface area contributed by atoms with E-state index in [9.17, 15) is 9.90 Å². The molecule has 3 atom stereocenters. The minimum absolute atomic E-state index is 0.0723. The second-order valence-electron chi connectivity index (χ2n) is 4.23. The largest absolute Gasteiger partial charge is 0.466 e. The molecular weight excluding hydrogens is 208 g/mol. The number of carbonyl (C=O) groups excluding carboxylic acids is 1. The van der Waals surface area contributed by atoms with Crippen molar-refractivity contribution in [3.63, 3.8) is 0 Å². The van der Waals surface area contributed by atoms with Gasteiger partial charge in [0.15, 0.2) is 0 Å². The number of carbonyl (C=O) groups is 1. The normalized spacial score (nSPS) is 24.8. The van der Waals surface area contributed by atoms with Gasteiger partial charge in [-0.15, -0.1) is 0 Å². The average molecular weight is 230 g/mol. The predicted octanol–water partition coefficient (Wildman–Crippen LogP) is 1.36. The van der Waals surface area contributed by atoms with Gasteiger partial charge in [-0.25, -0.2) is 0 Å². The molecular formula is C12H22O4. The zero-order chi connectivity index (χ0) is 12.0. The van der Waals surface area contributed by atoms with E-state index in [-0.39, 0.29) is 11.9 Å². The van der Waals surface area contributed by atoms with Gasteiger partial charge < -0.3 is 14.6 Å². The molecule has 0 aromatic rings. The molecule has 0 aliphatic carbocycles. The molecule has 94 valence electrons. The molecule has 0 aromatic heterocycles. The van der Waals surface area contributed by atoms with Crippen LogP contribution in [0.4, 0.5) is 0 Å². The Bertz CT molecular complexity index is 211. The first-order chi connectivity index (χ1) is 7.70. The van der Waals surface area contributed by atoms with Crippen LogP contribution in [0, 0.1) is 11.8 Å². The highest BCUT2D eigenvalue weighted by molar-refractivity contribution is 5.73. The molecule has 4 nitrogen and oxygen atoms in total. The van der Waals surface area contributed by atoms with Crippen LogP contribution >= 0.6 is 0 Å². The van der Waals surface area contributed by atoms with E-state index in [0.29, 0.717) is 19.6 Å². The molecule has 1 aliphatic heterocycles. The van der Waals surface area contributed by atoms with Crippen molar-refractivity contribution in [3.05, 3.63) is 0 Å². The molecule has 3 unspecified atom stereocenters. The summed E-state index contributed by atoms with van der Waals surface area (Å²) >= 11 is 0. The first-order valence-electron chi connectivity index (χ1n) is 6.13. The Morgan fingerprint density at radius 3 is 2.81 bits per heavy atom. The van der Waals surface area contributed by atoms with E-state index in [0.717, 1.165) is 19.4 Å². The van der Waals surface area contributed by atoms with Crippen molar-refractivity contribution in [2.75, 3.05) is 19.8 Å². The van der Waals surface area contributed by atoms with Crippen molar-refractivity contribution in [1.29, 1.82) is 0 Å². The molecule has 1 aliphatic rings. The molecule has 4 heteroatoms. The molecule has 0 amide bonds. The fraction of sp³-hybridized carbons (Fsp3) is 0.917. The molecule has 1 rings (SSSR count). The topological polar surface area (TPSA) is 55.8 Å². The number of ether oxygens (including phenoxy) is 2. The first kappa shape index (κ1) is 13.5. The Morgan fingerprint density at radius 1 is 1.56 bits per heavy atom. The Balaban J connectivity index is 2.53. The van der Waals surface area contributed by atoms with Crippen molar-refractivity contribution in [2.45, 2.75) is 39.2 Å². The van der Waals surface area contributed by atoms with E-state index >= 15 is 0 Å². The van der Waals surface area contributed by atoms with Crippen molar-refractivity contribution in [3.8, 4) is 0 Å². The van der Waals surface area contributed by atoms with Gasteiger partial charge in [-0.2, -0.15) is 0 Å². The fourth-order valence-corrected chi connectivity index (χ4v) is 2.16. The van der Waals surface area contributed by atoms with Gasteiger partial charge in [0.2, 0.25) is 0 Å². The highest BCUT2D eigenvalue weighted by Crippen LogP contribution is 2.25. The molecule has 0 saturated carbocycles. The Labute approximate surface area is 96.9 Å². The zero-order valence-electron chi connectivity index (χ0n) is 10.1. The van der Waals surface area contributed by atoms with Crippen LogP contribution in [0.5, 0.6) is 0 Å². The standard InChI is InChI=1S/C12H22O4/c1-3-10(12(14)16-4-2)11(13)9-6-5-7-15-8-9/h9-11,13H,3-8H2,1-2H3. The number of aliphatic hydroxyl groups is 1. The monoisotopic (exact) mass is 230 g/mol. The molecule has 1 heterocycles. The van der Waals surface area contributed by atoms with Crippen molar-refractivity contribution in [1.82, 2.24) is 0 Å². The van der Waals surface area contributed by atoms with E-state index in [4.69, 9.17) is 9.47 Å². The van der Waals surface area contributed by atoms with E-state index in [1.165, 1.54) is 0 Å². The number of hydrogen-bond donors (Lipinski definition) is 1. The molecule has 1 fully saturated rings. The zero-order valence-corrected chi connectivity index (χ0v) is 10.1. The summed E-state index contributed by atoms with van der Waals surface area (Å²) in [5.41, 5.74) is 0. The lowest BCUT2D eigenvalue weighted by molar-refractivity contribution is -0.155. The minimum Gasteiger partial charge on any atom is -0.466 e. The Hall–Kier alpha value is -0.610. The van der Waals surface area contributed by atoms with Crippen LogP contribution in [0.3, 0.4) is 0 Å². The van der Waals surface area contributed by atoms with Crippen LogP contribution in [-0.4, -0.2) is 37.0 Å². The van der Waals surface area contributed by atoms with E-state index in [2.05, 4.69) is 0 Å². The maximum absolute atomic E-state index is 11.6. The van der Waals surface area contributed by atoms with Crippen molar-refractivity contribution < 1.29 is 19.4 Å². The lowest BCUT2D eigenvalue weighted by atomic mass is 9.86. The lowest BCUT2D eigenvalue weighted by Gasteiger charge is -2.30. The summed E-state index contributed by atoms with van der Waals surface area (Å²) in [6, 6.07) is 0. The van der Waals surface area contributed by atoms with Gasteiger partial charge in [0.05, 0.1) is 25.2 Å². The molecule has 1 saturated heterocycles. The van der Waals surface area contributed by atoms with Gasteiger partial charge in [0.1, 0.15) is 0 Å². The van der Waals surface area contributed by atoms with E-state index < -0.39 is 12.0 Å². The van der Waals surface area contributed by atoms with Gasteiger partial charge in [-0.05, 0) is 26.2 Å². The van der Waals surface area contributed by atoms with Crippen LogP contribution in [0.15, 0.2) is 0 Å². The maximum atomic E-state index is 11.6. The molecule has 0 aromatic carbocycles. The highest BCUT2D eigenvalue weighted by Gasteiger charge is 2.33. The third-order valence-corrected chi connectivity index (χ3v) is 3.12. The van der Waals surface area contributed by atoms with Crippen LogP contribution in [0.2, 0.25) is 0 Å². The number of rotatable bonds is 5. The summed E-state index contributed by atoms with van der Waals surface area (Å²) in [5.74, 6) is -0.627. The average Bonchev–Trinajstić information content (AvgIpc) is 2.31. The van der Waals surface area contributed by atoms with Gasteiger partial charge in [-0.1, -0.05) is 6.92 Å². The number of hydrogen-bond acceptors (Lipinski definition) is 4. The third kappa shape index (κ3) is 3.46. The molecule has 0 spiro atoms. The predicted molar refractivity (Wildman–Crippen MR) is 60.0 cm³/mol. The second kappa shape index (κ2) is 6.86. The van der Waals surface area contributed by atoms with Gasteiger partial charge >= 0.3 is 5.97 Å². The minimum atomic E-state index is -0.635. The smallest absolute Gasteiger partial charge is 0.311 e. The van der Waals surface area contributed by atoms with Gasteiger partial charge in [-0.3, -0.25) is 4.79 Å². The molecule has 16 heavy (non-hydrogen) atoms. The quantitative estimate of drug-likeness (QED) is 0.725. The van der Waals surface area contributed by atoms with Crippen LogP contribution in [0.1, 0.15) is 33.1 Å². The maximum Gasteiger partial charge on any atom is 0.311 e. The summed E-state index contributed by atoms with van der Waals surface area (Å²) < 4.78 is 10.3. The van der Waals surface area contributed by atoms with Crippen LogP contribution in [0.25, 0.3) is 0 Å². The van der Waals surface area contributed by atoms with E-state index in [1.807, 2.05) is 6.92 Å². The molecule has 0 bridgehead atoms. The van der Waals surface area contributed by atoms with Crippen molar-refractivity contribution >= 4 is 5.97 Å². The van der Waals surface area contributed by atoms with Gasteiger partial charge in [0, 0.05) is 12.5 Å². The number of esters is 1. The third-order valence-electron chi connectivity index (χ3n) is 3.12. The summed E-state index contributed by atoms with van der Waals surface area (Å²) in [6.07, 6.45) is 1.86. The lowest BCUT2D eigenvalue weighted by Crippen LogP contribution is -2.39. The van der Waals surface area contributed by atoms with Crippen LogP contribution in [-0.2, 0) is 14.3 Å². The molecule has 1 N–H and O–H groups in total. The summed E-state index contributed by atoms with van der Waals surface area (Å²) in [4.78, 5) is 11.6. The summed E-state index contributed by atoms with van der Waals surface area (Å²) in [6.45, 7) is 5.36. The Kier molecular flexibility index (Phi) is 5.77. The first-order valence-corrected chi connectivity index (χ1v) is 6.13. The summed E-state index contributed by atoms with van der Waals surface area (Å²) in [5, 5.41) is 10.1. The SMILES string of the molecule is CCOC(=O)C(CC)C(O)C1CCCOC1. The Morgan fingerprint density at radius 2 is 2.31 bits per heavy atom. The van der Waals surface area contributed by atoms with Gasteiger partial charge in [0.25, 0.3) is 0 Å². The number of aliphatic hydroxyl groups excluding tert-OH is 1. The second-order valence-corrected chi connectivity index (χ2v) is 4.23. The molecule has 0 radical (unpaired) electrons. The van der Waals surface area contributed by atoms with Crippen molar-refractivity contribution in [2.24, 2.45) is 11.8 Å². The highest BCUT2D eigenvalue weighted by atomic mass is 16.5. The van der Waals surface area contributed by atoms with Crippen LogP contribution < -0.4 is 0 Å². The summed E-state index contributed by atoms with van der Waals surface area (Å²) in [7, 11) is 0. The fourth-order valence-electron chi connectivity index (χ4n) is 2.16.